The Morgan fingerprint density at radius 1 is 1.41 bits per heavy atom. The summed E-state index contributed by atoms with van der Waals surface area (Å²) in [7, 11) is 0. The Morgan fingerprint density at radius 3 is 2.71 bits per heavy atom. The molecule has 1 aromatic carbocycles. The Kier molecular flexibility index (Phi) is 5.82. The van der Waals surface area contributed by atoms with Crippen LogP contribution in [0.4, 0.5) is 8.78 Å². The van der Waals surface area contributed by atoms with Crippen molar-refractivity contribution >= 4 is 11.6 Å². The second-order valence-corrected chi connectivity index (χ2v) is 4.28. The third kappa shape index (κ3) is 4.22. The molecule has 0 spiro atoms. The summed E-state index contributed by atoms with van der Waals surface area (Å²) in [5, 5.41) is 8.20. The number of rotatable bonds is 6. The van der Waals surface area contributed by atoms with Gasteiger partial charge >= 0.3 is 0 Å². The van der Waals surface area contributed by atoms with Crippen molar-refractivity contribution in [3.8, 4) is 0 Å². The number of hydrogen-bond acceptors (Lipinski definition) is 2. The highest BCUT2D eigenvalue weighted by molar-refractivity contribution is 6.21. The van der Waals surface area contributed by atoms with Gasteiger partial charge in [0.1, 0.15) is 11.6 Å². The molecule has 96 valence electrons. The van der Waals surface area contributed by atoms with Gasteiger partial charge in [-0.15, -0.1) is 11.6 Å². The van der Waals surface area contributed by atoms with Crippen LogP contribution in [0, 0.1) is 11.6 Å². The summed E-state index contributed by atoms with van der Waals surface area (Å²) < 4.78 is 26.4. The van der Waals surface area contributed by atoms with Gasteiger partial charge in [0.05, 0.1) is 12.0 Å². The zero-order valence-corrected chi connectivity index (χ0v) is 10.4. The highest BCUT2D eigenvalue weighted by Gasteiger charge is 2.16. The highest BCUT2D eigenvalue weighted by Crippen LogP contribution is 2.25. The summed E-state index contributed by atoms with van der Waals surface area (Å²) in [5.41, 5.74) is 0.156. The molecule has 1 N–H and O–H groups in total. The van der Waals surface area contributed by atoms with Gasteiger partial charge in [0.2, 0.25) is 0 Å². The largest absolute Gasteiger partial charge is 0.395 e. The minimum Gasteiger partial charge on any atom is -0.395 e. The minimum absolute atomic E-state index is 0.0169. The summed E-state index contributed by atoms with van der Waals surface area (Å²) in [4.78, 5) is 1.88. The van der Waals surface area contributed by atoms with Crippen LogP contribution in [-0.4, -0.2) is 36.2 Å². The lowest BCUT2D eigenvalue weighted by atomic mass is 10.1. The lowest BCUT2D eigenvalue weighted by molar-refractivity contribution is 0.201. The number of benzene rings is 1. The summed E-state index contributed by atoms with van der Waals surface area (Å²) in [5.74, 6) is -1.01. The molecule has 0 fully saturated rings. The van der Waals surface area contributed by atoms with E-state index in [-0.39, 0.29) is 12.2 Å². The fraction of sp³-hybridized carbons (Fsp3) is 0.500. The van der Waals surface area contributed by atoms with E-state index in [0.717, 1.165) is 18.2 Å². The fourth-order valence-electron chi connectivity index (χ4n) is 1.60. The number of halogens is 3. The first-order valence-corrected chi connectivity index (χ1v) is 5.94. The highest BCUT2D eigenvalue weighted by atomic mass is 35.5. The third-order valence-corrected chi connectivity index (χ3v) is 2.95. The number of aliphatic hydroxyl groups is 1. The topological polar surface area (TPSA) is 23.5 Å². The zero-order chi connectivity index (χ0) is 12.8. The monoisotopic (exact) mass is 263 g/mol. The standard InChI is InChI=1S/C12H16ClF2NO/c1-2-16(5-6-17)8-11(13)10-7-9(14)3-4-12(10)15/h3-4,7,11,17H,2,5-6,8H2,1H3. The molecule has 1 rings (SSSR count). The quantitative estimate of drug-likeness (QED) is 0.798. The molecule has 2 nitrogen and oxygen atoms in total. The lowest BCUT2D eigenvalue weighted by Gasteiger charge is -2.22. The van der Waals surface area contributed by atoms with Crippen LogP contribution >= 0.6 is 11.6 Å². The molecular weight excluding hydrogens is 248 g/mol. The first-order chi connectivity index (χ1) is 8.08. The van der Waals surface area contributed by atoms with Crippen molar-refractivity contribution in [3.63, 3.8) is 0 Å². The van der Waals surface area contributed by atoms with Crippen LogP contribution in [0.5, 0.6) is 0 Å². The van der Waals surface area contributed by atoms with Gasteiger partial charge in [-0.1, -0.05) is 6.92 Å². The Labute approximate surface area is 105 Å². The molecule has 0 heterocycles. The maximum Gasteiger partial charge on any atom is 0.128 e. The van der Waals surface area contributed by atoms with Crippen LogP contribution in [0.1, 0.15) is 17.9 Å². The smallest absolute Gasteiger partial charge is 0.128 e. The van der Waals surface area contributed by atoms with E-state index < -0.39 is 17.0 Å². The molecule has 0 aliphatic carbocycles. The molecule has 1 aromatic rings. The Bertz CT molecular complexity index is 362. The molecule has 0 bridgehead atoms. The van der Waals surface area contributed by atoms with Gasteiger partial charge in [-0.3, -0.25) is 4.90 Å². The van der Waals surface area contributed by atoms with Gasteiger partial charge in [0, 0.05) is 18.7 Å². The number of likely N-dealkylation sites (N-methyl/N-ethyl adjacent to an activating group) is 1. The molecule has 0 aromatic heterocycles. The van der Waals surface area contributed by atoms with Gasteiger partial charge in [0.15, 0.2) is 0 Å². The number of nitrogens with zero attached hydrogens (tertiary/aromatic N) is 1. The average Bonchev–Trinajstić information content (AvgIpc) is 2.31. The van der Waals surface area contributed by atoms with Crippen LogP contribution in [0.2, 0.25) is 0 Å². The summed E-state index contributed by atoms with van der Waals surface area (Å²) >= 11 is 6.06. The summed E-state index contributed by atoms with van der Waals surface area (Å²) in [6.07, 6.45) is 0. The molecular formula is C12H16ClF2NO. The molecule has 1 atom stereocenters. The normalized spacial score (nSPS) is 13.1. The second-order valence-electron chi connectivity index (χ2n) is 3.75. The molecule has 5 heteroatoms. The van der Waals surface area contributed by atoms with Crippen LogP contribution in [-0.2, 0) is 0 Å². The molecule has 1 unspecified atom stereocenters. The molecule has 0 saturated heterocycles. The summed E-state index contributed by atoms with van der Waals surface area (Å²) in [6, 6.07) is 3.25. The van der Waals surface area contributed by atoms with Gasteiger partial charge in [-0.05, 0) is 24.7 Å². The first kappa shape index (κ1) is 14.4. The molecule has 0 radical (unpaired) electrons. The van der Waals surface area contributed by atoms with Crippen molar-refractivity contribution in [1.82, 2.24) is 4.90 Å². The van der Waals surface area contributed by atoms with Crippen molar-refractivity contribution in [3.05, 3.63) is 35.4 Å². The number of hydrogen-bond donors (Lipinski definition) is 1. The van der Waals surface area contributed by atoms with E-state index in [1.165, 1.54) is 0 Å². The van der Waals surface area contributed by atoms with Crippen LogP contribution in [0.15, 0.2) is 18.2 Å². The average molecular weight is 264 g/mol. The molecule has 0 amide bonds. The van der Waals surface area contributed by atoms with Crippen molar-refractivity contribution in [2.75, 3.05) is 26.2 Å². The predicted octanol–water partition coefficient (Wildman–Crippen LogP) is 2.56. The van der Waals surface area contributed by atoms with E-state index in [0.29, 0.717) is 19.6 Å². The SMILES string of the molecule is CCN(CCO)CC(Cl)c1cc(F)ccc1F. The molecule has 0 aliphatic heterocycles. The van der Waals surface area contributed by atoms with E-state index in [1.54, 1.807) is 0 Å². The number of alkyl halides is 1. The predicted molar refractivity (Wildman–Crippen MR) is 64.2 cm³/mol. The van der Waals surface area contributed by atoms with Gasteiger partial charge in [0.25, 0.3) is 0 Å². The van der Waals surface area contributed by atoms with Crippen molar-refractivity contribution in [2.45, 2.75) is 12.3 Å². The fourth-order valence-corrected chi connectivity index (χ4v) is 1.96. The maximum atomic E-state index is 13.4. The Balaban J connectivity index is 2.74. The first-order valence-electron chi connectivity index (χ1n) is 5.50. The van der Waals surface area contributed by atoms with E-state index in [4.69, 9.17) is 16.7 Å². The molecule has 17 heavy (non-hydrogen) atoms. The van der Waals surface area contributed by atoms with E-state index in [2.05, 4.69) is 0 Å². The van der Waals surface area contributed by atoms with Gasteiger partial charge in [-0.25, -0.2) is 8.78 Å². The number of aliphatic hydroxyl groups excluding tert-OH is 1. The molecule has 0 aliphatic rings. The zero-order valence-electron chi connectivity index (χ0n) is 9.67. The van der Waals surface area contributed by atoms with Crippen molar-refractivity contribution in [1.29, 1.82) is 0 Å². The lowest BCUT2D eigenvalue weighted by Crippen LogP contribution is -2.30. The van der Waals surface area contributed by atoms with Crippen molar-refractivity contribution < 1.29 is 13.9 Å². The minimum atomic E-state index is -0.628. The van der Waals surface area contributed by atoms with Crippen molar-refractivity contribution in [2.24, 2.45) is 0 Å². The third-order valence-electron chi connectivity index (χ3n) is 2.58. The Morgan fingerprint density at radius 2 is 2.12 bits per heavy atom. The summed E-state index contributed by atoms with van der Waals surface area (Å²) in [6.45, 7) is 3.47. The maximum absolute atomic E-state index is 13.4. The van der Waals surface area contributed by atoms with Gasteiger partial charge in [-0.2, -0.15) is 0 Å². The Hall–Kier alpha value is -0.710. The van der Waals surface area contributed by atoms with E-state index in [9.17, 15) is 8.78 Å². The molecule has 0 saturated carbocycles. The van der Waals surface area contributed by atoms with Crippen LogP contribution < -0.4 is 0 Å². The van der Waals surface area contributed by atoms with E-state index in [1.807, 2.05) is 11.8 Å². The van der Waals surface area contributed by atoms with Crippen LogP contribution in [0.25, 0.3) is 0 Å². The van der Waals surface area contributed by atoms with E-state index >= 15 is 0 Å². The van der Waals surface area contributed by atoms with Gasteiger partial charge < -0.3 is 5.11 Å². The van der Waals surface area contributed by atoms with Crippen LogP contribution in [0.3, 0.4) is 0 Å². The second kappa shape index (κ2) is 6.89.